The number of nitrogens with two attached hydrogens (primary N) is 4. The Morgan fingerprint density at radius 3 is 1.86 bits per heavy atom. The molecule has 14 N–H and O–H groups in total. The molecule has 4 atom stereocenters. The molecule has 0 heterocycles. The first-order valence-corrected chi connectivity index (χ1v) is 10.9. The highest BCUT2D eigenvalue weighted by Gasteiger charge is 2.31. The van der Waals surface area contributed by atoms with Crippen molar-refractivity contribution < 1.29 is 39.3 Å². The zero-order chi connectivity index (χ0) is 27.0. The van der Waals surface area contributed by atoms with E-state index >= 15 is 0 Å². The van der Waals surface area contributed by atoms with Crippen LogP contribution < -0.4 is 38.9 Å². The lowest BCUT2D eigenvalue weighted by atomic mass is 10.1. The number of rotatable bonds is 18. The summed E-state index contributed by atoms with van der Waals surface area (Å²) in [6, 6.07) is -5.57. The van der Waals surface area contributed by atoms with Gasteiger partial charge in [0.15, 0.2) is 5.96 Å². The molecule has 0 bridgehead atoms. The zero-order valence-corrected chi connectivity index (χ0v) is 19.3. The standard InChI is InChI=1S/C19H36N8O8/c20-6-2-1-4-12(18(34)35)26-16(32)11(5-3-7-24-19(22)23)25-17(33)13(8-14(29)30)27-15(31)10(21)9-28/h10-13,28H,1-9,20-21H2,(H,25,33)(H,26,32)(H,27,31)(H,29,30)(H,34,35)(H4,22,23,24). The molecule has 0 aliphatic heterocycles. The van der Waals surface area contributed by atoms with E-state index in [-0.39, 0.29) is 31.8 Å². The molecule has 16 heteroatoms. The van der Waals surface area contributed by atoms with E-state index < -0.39 is 66.9 Å². The third-order valence-electron chi connectivity index (χ3n) is 4.68. The highest BCUT2D eigenvalue weighted by molar-refractivity contribution is 5.95. The minimum Gasteiger partial charge on any atom is -0.481 e. The third-order valence-corrected chi connectivity index (χ3v) is 4.68. The van der Waals surface area contributed by atoms with E-state index in [1.807, 2.05) is 0 Å². The molecule has 3 amide bonds. The first-order valence-electron chi connectivity index (χ1n) is 10.9. The van der Waals surface area contributed by atoms with Gasteiger partial charge in [-0.2, -0.15) is 0 Å². The Kier molecular flexibility index (Phi) is 15.3. The van der Waals surface area contributed by atoms with Crippen LogP contribution in [0.3, 0.4) is 0 Å². The Morgan fingerprint density at radius 2 is 1.34 bits per heavy atom. The van der Waals surface area contributed by atoms with Crippen LogP contribution in [0.5, 0.6) is 0 Å². The number of aliphatic carboxylic acids is 2. The number of unbranched alkanes of at least 4 members (excludes halogenated alkanes) is 1. The summed E-state index contributed by atoms with van der Waals surface area (Å²) in [4.78, 5) is 64.0. The fourth-order valence-electron chi connectivity index (χ4n) is 2.81. The number of aliphatic hydroxyl groups excluding tert-OH is 1. The summed E-state index contributed by atoms with van der Waals surface area (Å²) in [6.07, 6.45) is 0.413. The first kappa shape index (κ1) is 31.5. The smallest absolute Gasteiger partial charge is 0.326 e. The van der Waals surface area contributed by atoms with Crippen LogP contribution in [0.1, 0.15) is 38.5 Å². The van der Waals surface area contributed by atoms with Crippen molar-refractivity contribution >= 4 is 35.6 Å². The largest absolute Gasteiger partial charge is 0.481 e. The minimum absolute atomic E-state index is 0.0343. The molecule has 0 rings (SSSR count). The van der Waals surface area contributed by atoms with Gasteiger partial charge in [-0.15, -0.1) is 0 Å². The van der Waals surface area contributed by atoms with Crippen molar-refractivity contribution in [1.29, 1.82) is 0 Å². The van der Waals surface area contributed by atoms with Crippen molar-refractivity contribution in [3.05, 3.63) is 0 Å². The normalized spacial score (nSPS) is 14.0. The van der Waals surface area contributed by atoms with Crippen LogP contribution in [-0.4, -0.2) is 94.8 Å². The maximum absolute atomic E-state index is 12.8. The molecule has 0 aliphatic rings. The summed E-state index contributed by atoms with van der Waals surface area (Å²) in [5.41, 5.74) is 21.3. The molecule has 0 aromatic rings. The number of guanidine groups is 1. The van der Waals surface area contributed by atoms with Gasteiger partial charge in [0.05, 0.1) is 13.0 Å². The summed E-state index contributed by atoms with van der Waals surface area (Å²) in [6.45, 7) is -0.300. The van der Waals surface area contributed by atoms with Crippen LogP contribution in [0, 0.1) is 0 Å². The van der Waals surface area contributed by atoms with E-state index in [9.17, 15) is 29.1 Å². The zero-order valence-electron chi connectivity index (χ0n) is 19.3. The molecule has 0 radical (unpaired) electrons. The molecule has 0 spiro atoms. The van der Waals surface area contributed by atoms with Gasteiger partial charge in [-0.1, -0.05) is 0 Å². The maximum Gasteiger partial charge on any atom is 0.326 e. The van der Waals surface area contributed by atoms with Crippen LogP contribution in [-0.2, 0) is 24.0 Å². The van der Waals surface area contributed by atoms with Crippen LogP contribution in [0.25, 0.3) is 0 Å². The van der Waals surface area contributed by atoms with E-state index in [0.717, 1.165) is 0 Å². The number of nitrogens with zero attached hydrogens (tertiary/aromatic N) is 1. The Labute approximate surface area is 201 Å². The van der Waals surface area contributed by atoms with Crippen molar-refractivity contribution in [2.45, 2.75) is 62.7 Å². The predicted octanol–water partition coefficient (Wildman–Crippen LogP) is -4.50. The molecule has 0 fully saturated rings. The number of carboxylic acids is 2. The van der Waals surface area contributed by atoms with E-state index in [0.29, 0.717) is 19.4 Å². The lowest BCUT2D eigenvalue weighted by Crippen LogP contribution is -2.57. The van der Waals surface area contributed by atoms with Crippen molar-refractivity contribution in [2.24, 2.45) is 27.9 Å². The molecule has 4 unspecified atom stereocenters. The van der Waals surface area contributed by atoms with Gasteiger partial charge >= 0.3 is 11.9 Å². The number of carboxylic acid groups (broad SMARTS) is 2. The van der Waals surface area contributed by atoms with Crippen molar-refractivity contribution in [3.8, 4) is 0 Å². The molecule has 0 saturated heterocycles. The highest BCUT2D eigenvalue weighted by Crippen LogP contribution is 2.06. The molecule has 0 aromatic carbocycles. The van der Waals surface area contributed by atoms with E-state index in [4.69, 9.17) is 33.1 Å². The van der Waals surface area contributed by atoms with Gasteiger partial charge in [0.25, 0.3) is 0 Å². The minimum atomic E-state index is -1.62. The molecule has 16 nitrogen and oxygen atoms in total. The molecule has 0 aliphatic carbocycles. The van der Waals surface area contributed by atoms with Gasteiger partial charge in [0.1, 0.15) is 24.2 Å². The van der Waals surface area contributed by atoms with Gasteiger partial charge < -0.3 is 54.2 Å². The molecule has 0 saturated carbocycles. The molecule has 200 valence electrons. The summed E-state index contributed by atoms with van der Waals surface area (Å²) in [5, 5.41) is 34.3. The number of aliphatic imine (C=N–C) groups is 1. The van der Waals surface area contributed by atoms with Gasteiger partial charge in [-0.05, 0) is 38.6 Å². The topological polar surface area (TPSA) is 299 Å². The second-order valence-corrected chi connectivity index (χ2v) is 7.64. The number of aliphatic hydroxyl groups is 1. The average Bonchev–Trinajstić information content (AvgIpc) is 2.78. The monoisotopic (exact) mass is 504 g/mol. The lowest BCUT2D eigenvalue weighted by Gasteiger charge is -2.24. The van der Waals surface area contributed by atoms with Gasteiger partial charge in [0.2, 0.25) is 17.7 Å². The number of carbonyl (C=O) groups is 5. The lowest BCUT2D eigenvalue weighted by molar-refractivity contribution is -0.143. The van der Waals surface area contributed by atoms with Crippen molar-refractivity contribution in [2.75, 3.05) is 19.7 Å². The number of hydrogen-bond acceptors (Lipinski definition) is 9. The van der Waals surface area contributed by atoms with Gasteiger partial charge in [-0.25, -0.2) is 4.79 Å². The molecular formula is C19H36N8O8. The fourth-order valence-corrected chi connectivity index (χ4v) is 2.81. The van der Waals surface area contributed by atoms with Crippen LogP contribution >= 0.6 is 0 Å². The van der Waals surface area contributed by atoms with Gasteiger partial charge in [0, 0.05) is 6.54 Å². The Hall–Kier alpha value is -3.50. The van der Waals surface area contributed by atoms with Crippen LogP contribution in [0.15, 0.2) is 4.99 Å². The number of nitrogens with one attached hydrogen (secondary N) is 3. The van der Waals surface area contributed by atoms with Gasteiger partial charge in [-0.3, -0.25) is 24.2 Å². The number of carbonyl (C=O) groups excluding carboxylic acids is 3. The summed E-state index contributed by atoms with van der Waals surface area (Å²) < 4.78 is 0. The summed E-state index contributed by atoms with van der Waals surface area (Å²) in [5.74, 6) is -5.74. The maximum atomic E-state index is 12.8. The summed E-state index contributed by atoms with van der Waals surface area (Å²) >= 11 is 0. The Balaban J connectivity index is 5.57. The SMILES string of the molecule is NCCCCC(NC(=O)C(CCCN=C(N)N)NC(=O)C(CC(=O)O)NC(=O)C(N)CO)C(=O)O. The Morgan fingerprint density at radius 1 is 0.800 bits per heavy atom. The van der Waals surface area contributed by atoms with Crippen molar-refractivity contribution in [1.82, 2.24) is 16.0 Å². The second-order valence-electron chi connectivity index (χ2n) is 7.64. The fraction of sp³-hybridized carbons (Fsp3) is 0.684. The number of hydrogen-bond donors (Lipinski definition) is 10. The quantitative estimate of drug-likeness (QED) is 0.0480. The molecule has 35 heavy (non-hydrogen) atoms. The van der Waals surface area contributed by atoms with E-state index in [1.54, 1.807) is 0 Å². The first-order chi connectivity index (χ1) is 16.4. The molecular weight excluding hydrogens is 468 g/mol. The number of amides is 3. The Bertz CT molecular complexity index is 759. The third kappa shape index (κ3) is 13.7. The second kappa shape index (κ2) is 17.0. The summed E-state index contributed by atoms with van der Waals surface area (Å²) in [7, 11) is 0. The van der Waals surface area contributed by atoms with E-state index in [1.165, 1.54) is 0 Å². The van der Waals surface area contributed by atoms with Crippen LogP contribution in [0.2, 0.25) is 0 Å². The predicted molar refractivity (Wildman–Crippen MR) is 124 cm³/mol. The van der Waals surface area contributed by atoms with E-state index in [2.05, 4.69) is 20.9 Å². The van der Waals surface area contributed by atoms with Crippen LogP contribution in [0.4, 0.5) is 0 Å². The highest BCUT2D eigenvalue weighted by atomic mass is 16.4. The average molecular weight is 505 g/mol. The van der Waals surface area contributed by atoms with Crippen molar-refractivity contribution in [3.63, 3.8) is 0 Å². The molecule has 0 aromatic heterocycles.